The van der Waals surface area contributed by atoms with Gasteiger partial charge in [-0.05, 0) is 54.8 Å². The first kappa shape index (κ1) is 23.5. The number of ether oxygens (including phenoxy) is 1. The van der Waals surface area contributed by atoms with Gasteiger partial charge < -0.3 is 19.1 Å². The third-order valence-corrected chi connectivity index (χ3v) is 6.54. The second-order valence-corrected chi connectivity index (χ2v) is 9.10. The molecule has 1 fully saturated rings. The number of hydrogen-bond acceptors (Lipinski definition) is 4. The number of halogens is 2. The van der Waals surface area contributed by atoms with Crippen molar-refractivity contribution in [1.29, 1.82) is 0 Å². The van der Waals surface area contributed by atoms with Gasteiger partial charge >= 0.3 is 0 Å². The predicted octanol–water partition coefficient (Wildman–Crippen LogP) is 4.94. The van der Waals surface area contributed by atoms with E-state index in [1.807, 2.05) is 39.9 Å². The zero-order chi connectivity index (χ0) is 23.2. The Balaban J connectivity index is 1.39. The molecular weight excluding hydrogens is 459 g/mol. The summed E-state index contributed by atoms with van der Waals surface area (Å²) in [4.78, 5) is 19.9. The molecule has 0 spiro atoms. The van der Waals surface area contributed by atoms with Crippen LogP contribution in [0.25, 0.3) is 0 Å². The van der Waals surface area contributed by atoms with Crippen LogP contribution in [0.15, 0.2) is 61.2 Å². The van der Waals surface area contributed by atoms with Crippen molar-refractivity contribution in [2.24, 2.45) is 0 Å². The molecular formula is C25H28Cl2N4O2. The summed E-state index contributed by atoms with van der Waals surface area (Å²) in [5.41, 5.74) is 2.20. The van der Waals surface area contributed by atoms with E-state index >= 15 is 0 Å². The van der Waals surface area contributed by atoms with E-state index in [2.05, 4.69) is 22.0 Å². The van der Waals surface area contributed by atoms with E-state index in [4.69, 9.17) is 27.9 Å². The highest BCUT2D eigenvalue weighted by Crippen LogP contribution is 2.25. The molecule has 6 nitrogen and oxygen atoms in total. The van der Waals surface area contributed by atoms with Gasteiger partial charge in [-0.25, -0.2) is 4.98 Å². The molecule has 0 radical (unpaired) electrons. The molecule has 1 aliphatic rings. The van der Waals surface area contributed by atoms with Gasteiger partial charge in [0.1, 0.15) is 11.9 Å². The molecule has 4 rings (SSSR count). The number of imidazole rings is 1. The average Bonchev–Trinajstić information content (AvgIpc) is 3.32. The van der Waals surface area contributed by atoms with Gasteiger partial charge in [-0.1, -0.05) is 29.3 Å². The Kier molecular flexibility index (Phi) is 7.78. The monoisotopic (exact) mass is 486 g/mol. The predicted molar refractivity (Wildman–Crippen MR) is 132 cm³/mol. The Morgan fingerprint density at radius 2 is 1.85 bits per heavy atom. The summed E-state index contributed by atoms with van der Waals surface area (Å²) >= 11 is 12.4. The molecule has 2 aromatic carbocycles. The Morgan fingerprint density at radius 3 is 2.48 bits per heavy atom. The number of benzene rings is 2. The summed E-state index contributed by atoms with van der Waals surface area (Å²) in [6, 6.07) is 13.8. The molecule has 174 valence electrons. The molecule has 1 amide bonds. The first-order chi connectivity index (χ1) is 16.0. The standard InChI is InChI=1S/C25H28Cl2N4O2/c1-19(32)30-12-14-31(15-13-30)22-5-8-23(9-6-22)33-24(17-29-11-10-28-18-29)7-3-20-2-4-21(26)16-25(20)27/h2,4-6,8-11,16,18,24H,3,7,12-15,17H2,1H3. The molecule has 1 aliphatic heterocycles. The second kappa shape index (κ2) is 10.9. The van der Waals surface area contributed by atoms with E-state index in [1.54, 1.807) is 25.5 Å². The van der Waals surface area contributed by atoms with Gasteiger partial charge in [-0.15, -0.1) is 0 Å². The van der Waals surface area contributed by atoms with Gasteiger partial charge in [0, 0.05) is 61.2 Å². The van der Waals surface area contributed by atoms with Crippen LogP contribution in [0, 0.1) is 0 Å². The van der Waals surface area contributed by atoms with Crippen molar-refractivity contribution in [3.8, 4) is 5.75 Å². The van der Waals surface area contributed by atoms with Crippen LogP contribution in [0.2, 0.25) is 10.0 Å². The molecule has 0 N–H and O–H groups in total. The fourth-order valence-corrected chi connectivity index (χ4v) is 4.57. The van der Waals surface area contributed by atoms with E-state index in [-0.39, 0.29) is 12.0 Å². The Labute approximate surface area is 204 Å². The molecule has 1 unspecified atom stereocenters. The maximum atomic E-state index is 11.6. The number of amides is 1. The zero-order valence-electron chi connectivity index (χ0n) is 18.7. The van der Waals surface area contributed by atoms with Crippen LogP contribution < -0.4 is 9.64 Å². The SMILES string of the molecule is CC(=O)N1CCN(c2ccc(OC(CCc3ccc(Cl)cc3Cl)Cn3ccnc3)cc2)CC1. The Morgan fingerprint density at radius 1 is 1.09 bits per heavy atom. The molecule has 0 saturated carbocycles. The molecule has 8 heteroatoms. The molecule has 0 aliphatic carbocycles. The fourth-order valence-electron chi connectivity index (χ4n) is 4.07. The van der Waals surface area contributed by atoms with Gasteiger partial charge in [-0.2, -0.15) is 0 Å². The van der Waals surface area contributed by atoms with Crippen molar-refractivity contribution >= 4 is 34.8 Å². The van der Waals surface area contributed by atoms with Crippen molar-refractivity contribution in [3.05, 3.63) is 76.8 Å². The summed E-state index contributed by atoms with van der Waals surface area (Å²) in [6.45, 7) is 5.51. The third kappa shape index (κ3) is 6.42. The highest BCUT2D eigenvalue weighted by molar-refractivity contribution is 6.35. The van der Waals surface area contributed by atoms with Crippen LogP contribution in [0.5, 0.6) is 5.75 Å². The molecule has 1 aromatic heterocycles. The highest BCUT2D eigenvalue weighted by Gasteiger charge is 2.19. The van der Waals surface area contributed by atoms with Crippen LogP contribution in [0.4, 0.5) is 5.69 Å². The lowest BCUT2D eigenvalue weighted by molar-refractivity contribution is -0.129. The molecule has 33 heavy (non-hydrogen) atoms. The normalized spacial score (nSPS) is 14.9. The Hall–Kier alpha value is -2.70. The van der Waals surface area contributed by atoms with Crippen molar-refractivity contribution in [1.82, 2.24) is 14.5 Å². The van der Waals surface area contributed by atoms with E-state index in [1.165, 1.54) is 0 Å². The van der Waals surface area contributed by atoms with Gasteiger partial charge in [-0.3, -0.25) is 4.79 Å². The smallest absolute Gasteiger partial charge is 0.219 e. The minimum absolute atomic E-state index is 0.0455. The molecule has 1 saturated heterocycles. The molecule has 1 atom stereocenters. The van der Waals surface area contributed by atoms with Gasteiger partial charge in [0.15, 0.2) is 0 Å². The van der Waals surface area contributed by atoms with Gasteiger partial charge in [0.05, 0.1) is 12.9 Å². The van der Waals surface area contributed by atoms with Crippen LogP contribution in [0.1, 0.15) is 18.9 Å². The number of aryl methyl sites for hydroxylation is 1. The number of hydrogen-bond donors (Lipinski definition) is 0. The van der Waals surface area contributed by atoms with Crippen LogP contribution >= 0.6 is 23.2 Å². The number of rotatable bonds is 8. The number of carbonyl (C=O) groups is 1. The van der Waals surface area contributed by atoms with Crippen molar-refractivity contribution in [2.45, 2.75) is 32.4 Å². The van der Waals surface area contributed by atoms with Gasteiger partial charge in [0.2, 0.25) is 5.91 Å². The van der Waals surface area contributed by atoms with Crippen LogP contribution in [-0.4, -0.2) is 52.6 Å². The first-order valence-corrected chi connectivity index (χ1v) is 11.9. The summed E-state index contributed by atoms with van der Waals surface area (Å²) in [6.07, 6.45) is 7.05. The minimum Gasteiger partial charge on any atom is -0.489 e. The first-order valence-electron chi connectivity index (χ1n) is 11.1. The van der Waals surface area contributed by atoms with Crippen molar-refractivity contribution < 1.29 is 9.53 Å². The molecule has 2 heterocycles. The number of nitrogens with zero attached hydrogens (tertiary/aromatic N) is 4. The summed E-state index contributed by atoms with van der Waals surface area (Å²) in [5.74, 6) is 0.968. The lowest BCUT2D eigenvalue weighted by Crippen LogP contribution is -2.48. The van der Waals surface area contributed by atoms with Crippen LogP contribution in [0.3, 0.4) is 0 Å². The maximum absolute atomic E-state index is 11.6. The quantitative estimate of drug-likeness (QED) is 0.452. The Bertz CT molecular complexity index is 1050. The van der Waals surface area contributed by atoms with E-state index in [0.717, 1.165) is 56.0 Å². The molecule has 0 bridgehead atoms. The third-order valence-electron chi connectivity index (χ3n) is 5.95. The number of carbonyl (C=O) groups excluding carboxylic acids is 1. The van der Waals surface area contributed by atoms with E-state index in [9.17, 15) is 4.79 Å². The summed E-state index contributed by atoms with van der Waals surface area (Å²) in [5, 5.41) is 1.32. The van der Waals surface area contributed by atoms with Gasteiger partial charge in [0.25, 0.3) is 0 Å². The fraction of sp³-hybridized carbons (Fsp3) is 0.360. The average molecular weight is 487 g/mol. The zero-order valence-corrected chi connectivity index (χ0v) is 20.2. The second-order valence-electron chi connectivity index (χ2n) is 8.26. The lowest BCUT2D eigenvalue weighted by atomic mass is 10.1. The van der Waals surface area contributed by atoms with Crippen molar-refractivity contribution in [2.75, 3.05) is 31.1 Å². The highest BCUT2D eigenvalue weighted by atomic mass is 35.5. The summed E-state index contributed by atoms with van der Waals surface area (Å²) < 4.78 is 8.40. The topological polar surface area (TPSA) is 50.6 Å². The van der Waals surface area contributed by atoms with Crippen molar-refractivity contribution in [3.63, 3.8) is 0 Å². The summed E-state index contributed by atoms with van der Waals surface area (Å²) in [7, 11) is 0. The largest absolute Gasteiger partial charge is 0.489 e. The maximum Gasteiger partial charge on any atom is 0.219 e. The van der Waals surface area contributed by atoms with Crippen LogP contribution in [-0.2, 0) is 17.8 Å². The number of anilines is 1. The van der Waals surface area contributed by atoms with E-state index in [0.29, 0.717) is 16.6 Å². The number of piperazine rings is 1. The number of aromatic nitrogens is 2. The lowest BCUT2D eigenvalue weighted by Gasteiger charge is -2.35. The minimum atomic E-state index is -0.0455. The molecule has 3 aromatic rings. The van der Waals surface area contributed by atoms with E-state index < -0.39 is 0 Å².